The lowest BCUT2D eigenvalue weighted by molar-refractivity contribution is -0.00631. The standard InChI is InChI=1S/C14H17IN2O3/c15-12-1-3-16-14-13(12)19-7-9-5-11(6-17(9)14)20-10-2-4-18-8-10/h1,3,9-11H,2,4-8H2/t9-,10-,11?/m0/s1. The van der Waals surface area contributed by atoms with Gasteiger partial charge < -0.3 is 19.1 Å². The van der Waals surface area contributed by atoms with Crippen LogP contribution in [-0.2, 0) is 9.47 Å². The highest BCUT2D eigenvalue weighted by Gasteiger charge is 2.40. The van der Waals surface area contributed by atoms with Crippen LogP contribution in [0.3, 0.4) is 0 Å². The van der Waals surface area contributed by atoms with Gasteiger partial charge in [0.05, 0.1) is 28.4 Å². The van der Waals surface area contributed by atoms with Crippen LogP contribution in [0.25, 0.3) is 0 Å². The third-order valence-corrected chi connectivity index (χ3v) is 5.03. The third kappa shape index (κ3) is 2.27. The highest BCUT2D eigenvalue weighted by atomic mass is 127. The van der Waals surface area contributed by atoms with E-state index in [1.165, 1.54) is 0 Å². The molecule has 3 aliphatic heterocycles. The molecule has 20 heavy (non-hydrogen) atoms. The molecule has 0 spiro atoms. The van der Waals surface area contributed by atoms with E-state index >= 15 is 0 Å². The van der Waals surface area contributed by atoms with Crippen molar-refractivity contribution in [2.75, 3.05) is 31.3 Å². The molecule has 0 amide bonds. The van der Waals surface area contributed by atoms with Gasteiger partial charge in [-0.3, -0.25) is 0 Å². The smallest absolute Gasteiger partial charge is 0.175 e. The maximum atomic E-state index is 6.16. The molecule has 0 bridgehead atoms. The van der Waals surface area contributed by atoms with Crippen molar-refractivity contribution in [1.29, 1.82) is 0 Å². The van der Waals surface area contributed by atoms with E-state index in [0.717, 1.165) is 54.3 Å². The van der Waals surface area contributed by atoms with Crippen LogP contribution in [0.1, 0.15) is 12.8 Å². The Morgan fingerprint density at radius 3 is 3.15 bits per heavy atom. The van der Waals surface area contributed by atoms with E-state index < -0.39 is 0 Å². The Labute approximate surface area is 131 Å². The van der Waals surface area contributed by atoms with E-state index in [9.17, 15) is 0 Å². The fourth-order valence-electron chi connectivity index (χ4n) is 3.21. The average molecular weight is 388 g/mol. The Kier molecular flexibility index (Phi) is 3.47. The van der Waals surface area contributed by atoms with E-state index in [0.29, 0.717) is 6.04 Å². The minimum Gasteiger partial charge on any atom is -0.486 e. The predicted octanol–water partition coefficient (Wildman–Crippen LogP) is 1.83. The van der Waals surface area contributed by atoms with Crippen LogP contribution >= 0.6 is 22.6 Å². The fourth-order valence-corrected chi connectivity index (χ4v) is 3.77. The van der Waals surface area contributed by atoms with Gasteiger partial charge in [-0.25, -0.2) is 4.98 Å². The highest BCUT2D eigenvalue weighted by Crippen LogP contribution is 2.39. The molecule has 2 saturated heterocycles. The first-order chi connectivity index (χ1) is 9.81. The molecule has 1 unspecified atom stereocenters. The normalized spacial score (nSPS) is 31.9. The quantitative estimate of drug-likeness (QED) is 0.724. The van der Waals surface area contributed by atoms with Crippen LogP contribution < -0.4 is 9.64 Å². The van der Waals surface area contributed by atoms with E-state index in [1.54, 1.807) is 0 Å². The molecule has 3 aliphatic rings. The Bertz CT molecular complexity index is 507. The molecular weight excluding hydrogens is 371 g/mol. The van der Waals surface area contributed by atoms with Crippen molar-refractivity contribution < 1.29 is 14.2 Å². The summed E-state index contributed by atoms with van der Waals surface area (Å²) >= 11 is 2.30. The van der Waals surface area contributed by atoms with Crippen molar-refractivity contribution in [3.63, 3.8) is 0 Å². The fraction of sp³-hybridized carbons (Fsp3) is 0.643. The summed E-state index contributed by atoms with van der Waals surface area (Å²) in [6.07, 6.45) is 4.42. The topological polar surface area (TPSA) is 43.8 Å². The van der Waals surface area contributed by atoms with Gasteiger partial charge >= 0.3 is 0 Å². The first kappa shape index (κ1) is 13.1. The highest BCUT2D eigenvalue weighted by molar-refractivity contribution is 14.1. The lowest BCUT2D eigenvalue weighted by atomic mass is 10.2. The number of hydrogen-bond donors (Lipinski definition) is 0. The van der Waals surface area contributed by atoms with Crippen molar-refractivity contribution in [2.45, 2.75) is 31.1 Å². The summed E-state index contributed by atoms with van der Waals surface area (Å²) in [6.45, 7) is 3.21. The van der Waals surface area contributed by atoms with Gasteiger partial charge in [-0.2, -0.15) is 0 Å². The zero-order valence-corrected chi connectivity index (χ0v) is 13.3. The summed E-state index contributed by atoms with van der Waals surface area (Å²) in [6, 6.07) is 2.38. The molecule has 0 aromatic carbocycles. The van der Waals surface area contributed by atoms with Gasteiger partial charge in [0.25, 0.3) is 0 Å². The van der Waals surface area contributed by atoms with Crippen molar-refractivity contribution >= 4 is 28.4 Å². The lowest BCUT2D eigenvalue weighted by Gasteiger charge is -2.32. The number of hydrogen-bond acceptors (Lipinski definition) is 5. The third-order valence-electron chi connectivity index (χ3n) is 4.18. The van der Waals surface area contributed by atoms with Crippen LogP contribution in [0.2, 0.25) is 0 Å². The maximum absolute atomic E-state index is 6.16. The largest absolute Gasteiger partial charge is 0.486 e. The van der Waals surface area contributed by atoms with Crippen molar-refractivity contribution in [2.24, 2.45) is 0 Å². The second-order valence-corrected chi connectivity index (χ2v) is 6.70. The van der Waals surface area contributed by atoms with Gasteiger partial charge in [-0.1, -0.05) is 0 Å². The van der Waals surface area contributed by atoms with Gasteiger partial charge in [0.2, 0.25) is 0 Å². The van der Waals surface area contributed by atoms with E-state index in [-0.39, 0.29) is 12.2 Å². The summed E-state index contributed by atoms with van der Waals surface area (Å²) in [5.74, 6) is 1.90. The Balaban J connectivity index is 1.51. The second kappa shape index (κ2) is 5.31. The first-order valence-electron chi connectivity index (χ1n) is 7.08. The van der Waals surface area contributed by atoms with Crippen LogP contribution in [-0.4, -0.2) is 49.6 Å². The molecule has 0 N–H and O–H groups in total. The summed E-state index contributed by atoms with van der Waals surface area (Å²) in [5, 5.41) is 0. The zero-order valence-electron chi connectivity index (χ0n) is 11.1. The number of rotatable bonds is 2. The second-order valence-electron chi connectivity index (χ2n) is 5.54. The van der Waals surface area contributed by atoms with Crippen molar-refractivity contribution in [3.05, 3.63) is 15.8 Å². The molecule has 0 radical (unpaired) electrons. The molecule has 1 aromatic rings. The Morgan fingerprint density at radius 1 is 1.35 bits per heavy atom. The van der Waals surface area contributed by atoms with Gasteiger partial charge in [-0.05, 0) is 41.5 Å². The summed E-state index contributed by atoms with van der Waals surface area (Å²) in [7, 11) is 0. The number of aromatic nitrogens is 1. The lowest BCUT2D eigenvalue weighted by Crippen LogP contribution is -2.39. The predicted molar refractivity (Wildman–Crippen MR) is 82.3 cm³/mol. The molecule has 108 valence electrons. The van der Waals surface area contributed by atoms with Crippen LogP contribution in [0.15, 0.2) is 12.3 Å². The molecule has 0 aliphatic carbocycles. The molecule has 5 nitrogen and oxygen atoms in total. The monoisotopic (exact) mass is 388 g/mol. The van der Waals surface area contributed by atoms with Gasteiger partial charge in [0, 0.05) is 19.3 Å². The molecule has 2 fully saturated rings. The molecule has 4 heterocycles. The molecule has 3 atom stereocenters. The molecular formula is C14H17IN2O3. The SMILES string of the molecule is Ic1ccnc2c1OC[C@@H]1CC(O[C@H]3CCOC3)CN21. The van der Waals surface area contributed by atoms with Gasteiger partial charge in [0.15, 0.2) is 11.6 Å². The maximum Gasteiger partial charge on any atom is 0.175 e. The number of ether oxygens (including phenoxy) is 3. The first-order valence-corrected chi connectivity index (χ1v) is 8.16. The van der Waals surface area contributed by atoms with Gasteiger partial charge in [-0.15, -0.1) is 0 Å². The van der Waals surface area contributed by atoms with Crippen LogP contribution in [0.5, 0.6) is 5.75 Å². The Hall–Kier alpha value is -0.600. The molecule has 1 aromatic heterocycles. The minimum absolute atomic E-state index is 0.265. The number of pyridine rings is 1. The van der Waals surface area contributed by atoms with E-state index in [2.05, 4.69) is 32.5 Å². The zero-order chi connectivity index (χ0) is 13.5. The minimum atomic E-state index is 0.265. The number of fused-ring (bicyclic) bond motifs is 3. The van der Waals surface area contributed by atoms with Crippen molar-refractivity contribution in [3.8, 4) is 5.75 Å². The van der Waals surface area contributed by atoms with Crippen LogP contribution in [0.4, 0.5) is 5.82 Å². The van der Waals surface area contributed by atoms with E-state index in [4.69, 9.17) is 14.2 Å². The average Bonchev–Trinajstić information content (AvgIpc) is 3.08. The molecule has 6 heteroatoms. The van der Waals surface area contributed by atoms with Crippen LogP contribution in [0, 0.1) is 3.57 Å². The van der Waals surface area contributed by atoms with E-state index in [1.807, 2.05) is 12.3 Å². The number of halogens is 1. The summed E-state index contributed by atoms with van der Waals surface area (Å²) in [5.41, 5.74) is 0. The van der Waals surface area contributed by atoms with Gasteiger partial charge in [0.1, 0.15) is 6.61 Å². The van der Waals surface area contributed by atoms with Crippen molar-refractivity contribution in [1.82, 2.24) is 4.98 Å². The number of nitrogens with zero attached hydrogens (tertiary/aromatic N) is 2. The summed E-state index contributed by atoms with van der Waals surface area (Å²) in [4.78, 5) is 6.85. The molecule has 0 saturated carbocycles. The molecule has 4 rings (SSSR count). The summed E-state index contributed by atoms with van der Waals surface area (Å²) < 4.78 is 18.6. The number of anilines is 1. The Morgan fingerprint density at radius 2 is 2.30 bits per heavy atom.